The van der Waals surface area contributed by atoms with E-state index in [4.69, 9.17) is 10.5 Å². The molecular formula is C18H26N6O. The molecule has 0 N–H and O–H groups in total. The summed E-state index contributed by atoms with van der Waals surface area (Å²) in [6.07, 6.45) is 4.54. The molecule has 134 valence electrons. The minimum Gasteiger partial charge on any atom is -0.340 e. The second kappa shape index (κ2) is 8.13. The van der Waals surface area contributed by atoms with Gasteiger partial charge in [0.2, 0.25) is 5.91 Å². The first-order chi connectivity index (χ1) is 11.9. The summed E-state index contributed by atoms with van der Waals surface area (Å²) in [4.78, 5) is 16.4. The molecule has 2 heterocycles. The molecule has 0 spiro atoms. The summed E-state index contributed by atoms with van der Waals surface area (Å²) in [7, 11) is 1.91. The molecule has 0 aromatic carbocycles. The highest BCUT2D eigenvalue weighted by atomic mass is 16.2. The Bertz CT molecular complexity index is 662. The third-order valence-corrected chi connectivity index (χ3v) is 4.84. The van der Waals surface area contributed by atoms with Gasteiger partial charge >= 0.3 is 0 Å². The van der Waals surface area contributed by atoms with Gasteiger partial charge in [-0.15, -0.1) is 0 Å². The second-order valence-corrected chi connectivity index (χ2v) is 7.36. The minimum absolute atomic E-state index is 0.00635. The van der Waals surface area contributed by atoms with Crippen LogP contribution < -0.4 is 0 Å². The van der Waals surface area contributed by atoms with Crippen molar-refractivity contribution in [3.05, 3.63) is 18.0 Å². The Hall–Kier alpha value is -2.38. The van der Waals surface area contributed by atoms with Crippen LogP contribution in [-0.2, 0) is 11.8 Å². The molecular weight excluding hydrogens is 316 g/mol. The van der Waals surface area contributed by atoms with E-state index in [-0.39, 0.29) is 11.3 Å². The normalized spacial score (nSPS) is 19.3. The first-order valence-corrected chi connectivity index (χ1v) is 8.60. The van der Waals surface area contributed by atoms with Gasteiger partial charge in [-0.2, -0.15) is 15.6 Å². The van der Waals surface area contributed by atoms with Crippen molar-refractivity contribution in [2.45, 2.75) is 32.6 Å². The fourth-order valence-corrected chi connectivity index (χ4v) is 3.58. The van der Waals surface area contributed by atoms with Crippen LogP contribution in [0.5, 0.6) is 0 Å². The van der Waals surface area contributed by atoms with Gasteiger partial charge in [0.25, 0.3) is 0 Å². The van der Waals surface area contributed by atoms with E-state index >= 15 is 0 Å². The molecule has 0 bridgehead atoms. The van der Waals surface area contributed by atoms with Crippen molar-refractivity contribution in [3.63, 3.8) is 0 Å². The maximum absolute atomic E-state index is 12.6. The lowest BCUT2D eigenvalue weighted by atomic mass is 9.79. The van der Waals surface area contributed by atoms with Crippen LogP contribution >= 0.6 is 0 Å². The highest BCUT2D eigenvalue weighted by molar-refractivity contribution is 5.78. The van der Waals surface area contributed by atoms with Gasteiger partial charge < -0.3 is 4.90 Å². The van der Waals surface area contributed by atoms with E-state index in [1.54, 1.807) is 4.90 Å². The smallest absolute Gasteiger partial charge is 0.236 e. The molecule has 0 aliphatic carbocycles. The third-order valence-electron chi connectivity index (χ3n) is 4.84. The van der Waals surface area contributed by atoms with Crippen molar-refractivity contribution in [2.75, 3.05) is 32.7 Å². The minimum atomic E-state index is -0.00635. The van der Waals surface area contributed by atoms with E-state index in [0.717, 1.165) is 13.1 Å². The fourth-order valence-electron chi connectivity index (χ4n) is 3.58. The lowest BCUT2D eigenvalue weighted by Crippen LogP contribution is -2.41. The molecule has 1 amide bonds. The van der Waals surface area contributed by atoms with Gasteiger partial charge in [-0.1, -0.05) is 13.8 Å². The van der Waals surface area contributed by atoms with E-state index in [1.807, 2.05) is 24.1 Å². The van der Waals surface area contributed by atoms with Crippen LogP contribution in [0.3, 0.4) is 0 Å². The van der Waals surface area contributed by atoms with Crippen molar-refractivity contribution >= 4 is 5.91 Å². The number of aryl methyl sites for hydroxylation is 1. The van der Waals surface area contributed by atoms with Crippen molar-refractivity contribution in [1.82, 2.24) is 19.6 Å². The van der Waals surface area contributed by atoms with Crippen LogP contribution in [0, 0.1) is 28.1 Å². The molecule has 1 unspecified atom stereocenters. The Labute approximate surface area is 149 Å². The lowest BCUT2D eigenvalue weighted by molar-refractivity contribution is -0.132. The Balaban J connectivity index is 2.01. The van der Waals surface area contributed by atoms with Crippen molar-refractivity contribution < 1.29 is 4.79 Å². The lowest BCUT2D eigenvalue weighted by Gasteiger charge is -2.25. The number of carbonyl (C=O) groups excluding carboxylic acids is 1. The summed E-state index contributed by atoms with van der Waals surface area (Å²) in [5.74, 6) is 0.328. The zero-order valence-electron chi connectivity index (χ0n) is 15.3. The van der Waals surface area contributed by atoms with E-state index in [1.165, 1.54) is 5.56 Å². The Morgan fingerprint density at radius 1 is 1.36 bits per heavy atom. The van der Waals surface area contributed by atoms with Crippen LogP contribution in [-0.4, -0.2) is 58.2 Å². The van der Waals surface area contributed by atoms with Crippen molar-refractivity contribution in [1.29, 1.82) is 10.5 Å². The van der Waals surface area contributed by atoms with Gasteiger partial charge in [0.1, 0.15) is 0 Å². The van der Waals surface area contributed by atoms with Crippen molar-refractivity contribution in [2.24, 2.45) is 12.5 Å². The summed E-state index contributed by atoms with van der Waals surface area (Å²) in [5, 5.41) is 21.8. The summed E-state index contributed by atoms with van der Waals surface area (Å²) >= 11 is 0. The summed E-state index contributed by atoms with van der Waals surface area (Å²) in [6.45, 7) is 7.20. The molecule has 0 saturated carbocycles. The van der Waals surface area contributed by atoms with Gasteiger partial charge in [-0.05, 0) is 11.0 Å². The number of hydrogen-bond donors (Lipinski definition) is 0. The van der Waals surface area contributed by atoms with Gasteiger partial charge in [-0.25, -0.2) is 0 Å². The van der Waals surface area contributed by atoms with E-state index < -0.39 is 0 Å². The quantitative estimate of drug-likeness (QED) is 0.749. The summed E-state index contributed by atoms with van der Waals surface area (Å²) < 4.78 is 1.81. The highest BCUT2D eigenvalue weighted by Gasteiger charge is 2.41. The van der Waals surface area contributed by atoms with Gasteiger partial charge in [0.05, 0.1) is 37.7 Å². The maximum Gasteiger partial charge on any atom is 0.236 e. The zero-order valence-corrected chi connectivity index (χ0v) is 15.3. The van der Waals surface area contributed by atoms with Gasteiger partial charge in [0, 0.05) is 45.3 Å². The van der Waals surface area contributed by atoms with Gasteiger partial charge in [0.15, 0.2) is 0 Å². The molecule has 25 heavy (non-hydrogen) atoms. The van der Waals surface area contributed by atoms with Crippen LogP contribution in [0.15, 0.2) is 12.4 Å². The van der Waals surface area contributed by atoms with E-state index in [2.05, 4.69) is 36.0 Å². The van der Waals surface area contributed by atoms with Crippen molar-refractivity contribution in [3.8, 4) is 12.1 Å². The van der Waals surface area contributed by atoms with Crippen LogP contribution in [0.25, 0.3) is 0 Å². The van der Waals surface area contributed by atoms with Crippen LogP contribution in [0.1, 0.15) is 38.2 Å². The largest absolute Gasteiger partial charge is 0.340 e. The number of hydrogen-bond acceptors (Lipinski definition) is 5. The fraction of sp³-hybridized carbons (Fsp3) is 0.667. The summed E-state index contributed by atoms with van der Waals surface area (Å²) in [5.41, 5.74) is 1.27. The monoisotopic (exact) mass is 342 g/mol. The molecule has 7 nitrogen and oxygen atoms in total. The molecule has 1 atom stereocenters. The zero-order chi connectivity index (χ0) is 18.4. The van der Waals surface area contributed by atoms with E-state index in [0.29, 0.717) is 38.4 Å². The third kappa shape index (κ3) is 4.80. The second-order valence-electron chi connectivity index (χ2n) is 7.36. The first-order valence-electron chi connectivity index (χ1n) is 8.60. The number of likely N-dealkylation sites (tertiary alicyclic amines) is 1. The Morgan fingerprint density at radius 2 is 2.00 bits per heavy atom. The topological polar surface area (TPSA) is 89.0 Å². The van der Waals surface area contributed by atoms with Gasteiger partial charge in [-0.3, -0.25) is 14.4 Å². The number of aromatic nitrogens is 2. The molecule has 1 aromatic rings. The van der Waals surface area contributed by atoms with Crippen LogP contribution in [0.4, 0.5) is 0 Å². The average Bonchev–Trinajstić information content (AvgIpc) is 3.09. The highest BCUT2D eigenvalue weighted by Crippen LogP contribution is 2.41. The average molecular weight is 342 g/mol. The number of carbonyl (C=O) groups is 1. The Kier molecular flexibility index (Phi) is 6.17. The predicted molar refractivity (Wildman–Crippen MR) is 93.2 cm³/mol. The first kappa shape index (κ1) is 19.0. The van der Waals surface area contributed by atoms with E-state index in [9.17, 15) is 4.79 Å². The Morgan fingerprint density at radius 3 is 2.52 bits per heavy atom. The SMILES string of the molecule is Cn1cc(C2CN(CC(=O)N(CCC#N)CCC#N)CC2(C)C)cn1. The molecule has 1 aliphatic rings. The number of amides is 1. The number of nitriles is 2. The standard InChI is InChI=1S/C18H26N6O/c1-18(2)14-23(12-16(18)15-10-21-22(3)11-15)13-17(25)24(8-4-6-19)9-5-7-20/h10-11,16H,4-5,8-9,12-14H2,1-3H3. The molecule has 1 aromatic heterocycles. The maximum atomic E-state index is 12.6. The predicted octanol–water partition coefficient (Wildman–Crippen LogP) is 1.50. The number of nitrogens with zero attached hydrogens (tertiary/aromatic N) is 6. The number of rotatable bonds is 7. The summed E-state index contributed by atoms with van der Waals surface area (Å²) in [6, 6.07) is 4.13. The molecule has 7 heteroatoms. The molecule has 1 saturated heterocycles. The molecule has 1 aliphatic heterocycles. The molecule has 1 fully saturated rings. The van der Waals surface area contributed by atoms with Crippen LogP contribution in [0.2, 0.25) is 0 Å². The molecule has 0 radical (unpaired) electrons. The molecule has 2 rings (SSSR count).